The number of nitrogen functional groups attached to an aromatic ring is 1. The van der Waals surface area contributed by atoms with Gasteiger partial charge in [0.15, 0.2) is 5.70 Å². The smallest absolute Gasteiger partial charge is 0.440 e. The van der Waals surface area contributed by atoms with Crippen LogP contribution >= 0.6 is 23.3 Å². The number of aliphatic hydroxyl groups is 1. The minimum atomic E-state index is -0.719. The molecule has 0 saturated heterocycles. The monoisotopic (exact) mass is 1220 g/mol. The third-order valence-electron chi connectivity index (χ3n) is 12.2. The van der Waals surface area contributed by atoms with E-state index in [4.69, 9.17) is 5.73 Å². The molecule has 456 valence electrons. The molecular weight excluding hydrogens is 1150 g/mol. The highest BCUT2D eigenvalue weighted by molar-refractivity contribution is 7.10. The van der Waals surface area contributed by atoms with Crippen LogP contribution in [0.3, 0.4) is 0 Å². The first-order valence-corrected chi connectivity index (χ1v) is 28.6. The van der Waals surface area contributed by atoms with Crippen molar-refractivity contribution in [1.82, 2.24) is 63.8 Å². The molecule has 5 aromatic carbocycles. The molecule has 0 aliphatic carbocycles. The maximum Gasteiger partial charge on any atom is 0.440 e. The second-order valence-corrected chi connectivity index (χ2v) is 20.7. The maximum atomic E-state index is 11.3. The molecular formula is C59H71N19O7S2. The zero-order chi connectivity index (χ0) is 62.5. The Morgan fingerprint density at radius 3 is 1.44 bits per heavy atom. The highest BCUT2D eigenvalue weighted by Gasteiger charge is 2.32. The van der Waals surface area contributed by atoms with Crippen LogP contribution in [0.5, 0.6) is 0 Å². The van der Waals surface area contributed by atoms with Crippen LogP contribution in [-0.2, 0) is 42.3 Å². The highest BCUT2D eigenvalue weighted by atomic mass is 32.1. The predicted octanol–water partition coefficient (Wildman–Crippen LogP) is 6.76. The van der Waals surface area contributed by atoms with Gasteiger partial charge in [-0.3, -0.25) is 42.7 Å². The number of aromatic amines is 5. The molecule has 0 spiro atoms. The third-order valence-corrected chi connectivity index (χ3v) is 13.7. The van der Waals surface area contributed by atoms with E-state index in [9.17, 15) is 29.1 Å². The lowest BCUT2D eigenvalue weighted by Gasteiger charge is -2.16. The normalized spacial score (nSPS) is 11.1. The zero-order valence-electron chi connectivity index (χ0n) is 49.2. The van der Waals surface area contributed by atoms with Crippen LogP contribution in [-0.4, -0.2) is 124 Å². The van der Waals surface area contributed by atoms with Crippen LogP contribution in [0.25, 0.3) is 0 Å². The van der Waals surface area contributed by atoms with E-state index in [2.05, 4.69) is 99.4 Å². The largest absolute Gasteiger partial charge is 0.501 e. The van der Waals surface area contributed by atoms with Gasteiger partial charge in [0, 0.05) is 99.3 Å². The molecule has 10 aromatic rings. The van der Waals surface area contributed by atoms with Crippen molar-refractivity contribution in [3.63, 3.8) is 0 Å². The van der Waals surface area contributed by atoms with Crippen LogP contribution < -0.4 is 52.4 Å². The fourth-order valence-corrected chi connectivity index (χ4v) is 9.18. The average Bonchev–Trinajstić information content (AvgIpc) is 4.23. The molecule has 1 aliphatic rings. The van der Waals surface area contributed by atoms with Gasteiger partial charge in [-0.2, -0.15) is 19.4 Å². The molecule has 87 heavy (non-hydrogen) atoms. The standard InChI is InChI=1S/C11H12N2OS.C10H13N5.C10H12N4.C10H11N3O2.C10H11N3OS.C8H12N2O3/c1-13(11-7-10(14)12-15-11)8-9-5-3-2-4-6-9;1-15(10-12-9(11)13-14-10)7-8-5-3-2-4-6-8;1-14(10-11-8-12-13-10)7-9-5-3-2-4-6-9;1-13(9-11-10(14)15-12-9)7-8-5-3-2-4-6-8;1-13(9-10(14)12-15-11-9)7-8-5-3-2-4-6-8;1-3-4-10(2)5-6(11)8(13)9-7(5)12/h2-7H,8H2,1H3,(H,12,14);2-6H,7H2,1H3,(H3,11,12,13,14);2-6,8H,7H2,1H3,(H,11,12,13);2-6H,7H2,1H3,(H,11,12,14);2-6H,7H2,1H3,(H,12,14);3-4H2,1-2H3,(H2,9,11,12,13). The summed E-state index contributed by atoms with van der Waals surface area (Å²) in [5.74, 6) is 0.370. The number of anilines is 6. The summed E-state index contributed by atoms with van der Waals surface area (Å²) in [7, 11) is 11.2. The molecule has 11 rings (SSSR count). The second-order valence-electron chi connectivity index (χ2n) is 19.3. The average molecular weight is 1220 g/mol. The van der Waals surface area contributed by atoms with Crippen molar-refractivity contribution in [2.75, 3.05) is 79.1 Å². The molecule has 0 radical (unpaired) electrons. The fourth-order valence-electron chi connectivity index (χ4n) is 8.00. The molecule has 0 bridgehead atoms. The van der Waals surface area contributed by atoms with Crippen molar-refractivity contribution < 1.29 is 19.2 Å². The van der Waals surface area contributed by atoms with Gasteiger partial charge < -0.3 is 40.2 Å². The number of nitrogens with two attached hydrogens (primary N) is 1. The van der Waals surface area contributed by atoms with Gasteiger partial charge in [0.2, 0.25) is 35.4 Å². The summed E-state index contributed by atoms with van der Waals surface area (Å²) in [6, 6.07) is 52.1. The van der Waals surface area contributed by atoms with Crippen molar-refractivity contribution in [3.05, 3.63) is 235 Å². The van der Waals surface area contributed by atoms with Gasteiger partial charge in [-0.1, -0.05) is 159 Å². The predicted molar refractivity (Wildman–Crippen MR) is 340 cm³/mol. The van der Waals surface area contributed by atoms with E-state index in [-0.39, 0.29) is 16.8 Å². The van der Waals surface area contributed by atoms with Crippen LogP contribution in [0, 0.1) is 0 Å². The molecule has 1 aliphatic heterocycles. The Bertz CT molecular complexity index is 3690. The maximum absolute atomic E-state index is 11.3. The molecule has 9 N–H and O–H groups in total. The van der Waals surface area contributed by atoms with Crippen LogP contribution in [0.1, 0.15) is 41.2 Å². The number of benzene rings is 5. The lowest BCUT2D eigenvalue weighted by molar-refractivity contribution is -0.125. The number of imide groups is 1. The lowest BCUT2D eigenvalue weighted by atomic mass is 10.2. The van der Waals surface area contributed by atoms with Gasteiger partial charge in [0.05, 0.1) is 0 Å². The number of hydrogen-bond donors (Lipinski definition) is 8. The van der Waals surface area contributed by atoms with Gasteiger partial charge in [-0.05, 0) is 50.9 Å². The number of nitrogens with zero attached hydrogens (tertiary/aromatic N) is 12. The Hall–Kier alpha value is -10.6. The van der Waals surface area contributed by atoms with Crippen molar-refractivity contribution in [3.8, 4) is 0 Å². The Morgan fingerprint density at radius 1 is 0.575 bits per heavy atom. The van der Waals surface area contributed by atoms with E-state index < -0.39 is 23.3 Å². The minimum Gasteiger partial charge on any atom is -0.501 e. The van der Waals surface area contributed by atoms with E-state index >= 15 is 0 Å². The number of likely N-dealkylation sites (N-methyl/N-ethyl adjacent to an activating group) is 1. The summed E-state index contributed by atoms with van der Waals surface area (Å²) in [4.78, 5) is 76.8. The van der Waals surface area contributed by atoms with E-state index in [0.29, 0.717) is 43.3 Å². The van der Waals surface area contributed by atoms with Crippen LogP contribution in [0.4, 0.5) is 34.6 Å². The Balaban J connectivity index is 0.000000167. The van der Waals surface area contributed by atoms with Gasteiger partial charge in [0.1, 0.15) is 11.3 Å². The summed E-state index contributed by atoms with van der Waals surface area (Å²) in [6.07, 6.45) is 2.35. The van der Waals surface area contributed by atoms with Gasteiger partial charge in [-0.25, -0.2) is 15.0 Å². The first-order chi connectivity index (χ1) is 42.0. The molecule has 2 amide bonds. The number of rotatable bonds is 18. The summed E-state index contributed by atoms with van der Waals surface area (Å²) in [6.45, 7) is 6.34. The topological polar surface area (TPSA) is 332 Å². The van der Waals surface area contributed by atoms with E-state index in [1.54, 1.807) is 22.9 Å². The second kappa shape index (κ2) is 34.2. The van der Waals surface area contributed by atoms with Crippen molar-refractivity contribution >= 4 is 69.7 Å². The van der Waals surface area contributed by atoms with E-state index in [1.165, 1.54) is 34.6 Å². The number of H-pyrrole nitrogens is 5. The summed E-state index contributed by atoms with van der Waals surface area (Å²) in [5.41, 5.74) is 11.4. The van der Waals surface area contributed by atoms with Gasteiger partial charge in [-0.15, -0.1) is 5.10 Å². The molecule has 0 saturated carbocycles. The van der Waals surface area contributed by atoms with Gasteiger partial charge in [0.25, 0.3) is 17.4 Å². The van der Waals surface area contributed by atoms with Crippen LogP contribution in [0.15, 0.2) is 194 Å². The molecule has 5 aromatic heterocycles. The number of nitrogens with one attached hydrogen (secondary N) is 6. The quantitative estimate of drug-likeness (QED) is 0.0411. The lowest BCUT2D eigenvalue weighted by Crippen LogP contribution is -2.28. The van der Waals surface area contributed by atoms with E-state index in [1.807, 2.05) is 177 Å². The molecule has 6 heterocycles. The molecule has 0 unspecified atom stereocenters. The van der Waals surface area contributed by atoms with Crippen molar-refractivity contribution in [2.24, 2.45) is 0 Å². The molecule has 28 heteroatoms. The third kappa shape index (κ3) is 21.8. The zero-order valence-corrected chi connectivity index (χ0v) is 50.8. The minimum absolute atomic E-state index is 0.0325. The first-order valence-electron chi connectivity index (χ1n) is 27.0. The fraction of sp³-hybridized carbons (Fsp3) is 0.237. The summed E-state index contributed by atoms with van der Waals surface area (Å²) < 4.78 is 13.7. The molecule has 26 nitrogen and oxygen atoms in total. The first kappa shape index (κ1) is 65.5. The number of aromatic nitrogens is 11. The number of amides is 2. The van der Waals surface area contributed by atoms with Gasteiger partial charge >= 0.3 is 11.3 Å². The van der Waals surface area contributed by atoms with E-state index in [0.717, 1.165) is 59.9 Å². The Morgan fingerprint density at radius 2 is 1.06 bits per heavy atom. The summed E-state index contributed by atoms with van der Waals surface area (Å²) in [5, 5.41) is 29.0. The SMILES string of the molecule is CCCN(C)C1=C(O)C(=O)NC1=O.CN(Cc1ccccc1)c1cc(=O)[nH]s1.CN(Cc1ccccc1)c1n[nH]c(N)n1.CN(Cc1ccccc1)c1ncn[nH]1.CN(Cc1ccccc1)c1noc(=O)[nH]1.CN(Cc1ccccc1)c1ns[nH]c1=O. The molecule has 0 atom stereocenters. The van der Waals surface area contributed by atoms with Crippen molar-refractivity contribution in [2.45, 2.75) is 46.1 Å². The summed E-state index contributed by atoms with van der Waals surface area (Å²) >= 11 is 2.44. The number of hydrogen-bond acceptors (Lipinski definition) is 22. The Labute approximate surface area is 510 Å². The van der Waals surface area contributed by atoms with Crippen molar-refractivity contribution in [1.29, 1.82) is 0 Å². The highest BCUT2D eigenvalue weighted by Crippen LogP contribution is 2.18. The Kier molecular flexibility index (Phi) is 25.8. The number of carbonyl (C=O) groups is 2. The van der Waals surface area contributed by atoms with Crippen LogP contribution in [0.2, 0.25) is 0 Å². The number of carbonyl (C=O) groups excluding carboxylic acids is 2. The number of aliphatic hydroxyl groups excluding tert-OH is 1. The molecule has 0 fully saturated rings.